The van der Waals surface area contributed by atoms with E-state index < -0.39 is 0 Å². The van der Waals surface area contributed by atoms with Crippen molar-refractivity contribution in [2.45, 2.75) is 59.7 Å². The van der Waals surface area contributed by atoms with Crippen molar-refractivity contribution in [2.24, 2.45) is 4.99 Å². The fourth-order valence-electron chi connectivity index (χ4n) is 2.33. The Balaban J connectivity index is 1.97. The lowest BCUT2D eigenvalue weighted by Crippen LogP contribution is -2.36. The predicted molar refractivity (Wildman–Crippen MR) is 110 cm³/mol. The predicted octanol–water partition coefficient (Wildman–Crippen LogP) is 4.31. The molecule has 0 fully saturated rings. The molecule has 1 aromatic heterocycles. The third-order valence-corrected chi connectivity index (χ3v) is 4.47. The van der Waals surface area contributed by atoms with Gasteiger partial charge >= 0.3 is 0 Å². The molecule has 26 heavy (non-hydrogen) atoms. The van der Waals surface area contributed by atoms with Gasteiger partial charge in [-0.05, 0) is 44.4 Å². The summed E-state index contributed by atoms with van der Waals surface area (Å²) in [7, 11) is 0. The van der Waals surface area contributed by atoms with Gasteiger partial charge in [-0.15, -0.1) is 11.3 Å². The third-order valence-electron chi connectivity index (χ3n) is 3.60. The van der Waals surface area contributed by atoms with E-state index in [-0.39, 0.29) is 6.10 Å². The highest BCUT2D eigenvalue weighted by molar-refractivity contribution is 7.09. The van der Waals surface area contributed by atoms with E-state index in [0.29, 0.717) is 19.0 Å². The van der Waals surface area contributed by atoms with Crippen LogP contribution in [0.15, 0.2) is 34.6 Å². The van der Waals surface area contributed by atoms with Crippen LogP contribution in [0.2, 0.25) is 0 Å². The van der Waals surface area contributed by atoms with Crippen LogP contribution in [-0.2, 0) is 13.1 Å². The molecule has 2 aromatic rings. The Morgan fingerprint density at radius 3 is 2.69 bits per heavy atom. The number of rotatable bonds is 8. The van der Waals surface area contributed by atoms with Gasteiger partial charge < -0.3 is 15.4 Å². The molecule has 142 valence electrons. The van der Waals surface area contributed by atoms with Crippen molar-refractivity contribution >= 4 is 17.3 Å². The van der Waals surface area contributed by atoms with Crippen LogP contribution in [0.5, 0.6) is 5.75 Å². The van der Waals surface area contributed by atoms with Crippen molar-refractivity contribution in [3.05, 3.63) is 45.9 Å². The van der Waals surface area contributed by atoms with E-state index in [1.54, 1.807) is 11.3 Å². The minimum atomic E-state index is 0.168. The Hall–Kier alpha value is -2.08. The Morgan fingerprint density at radius 1 is 1.23 bits per heavy atom. The number of hydrogen-bond donors (Lipinski definition) is 2. The quantitative estimate of drug-likeness (QED) is 0.534. The zero-order valence-electron chi connectivity index (χ0n) is 16.4. The van der Waals surface area contributed by atoms with Crippen LogP contribution in [0.3, 0.4) is 0 Å². The average Bonchev–Trinajstić information content (AvgIpc) is 3.06. The molecule has 0 saturated carbocycles. The summed E-state index contributed by atoms with van der Waals surface area (Å²) in [6.07, 6.45) is 0.168. The lowest BCUT2D eigenvalue weighted by atomic mass is 10.2. The molecule has 0 saturated heterocycles. The third kappa shape index (κ3) is 6.67. The smallest absolute Gasteiger partial charge is 0.191 e. The van der Waals surface area contributed by atoms with Crippen molar-refractivity contribution in [1.82, 2.24) is 15.6 Å². The highest BCUT2D eigenvalue weighted by Crippen LogP contribution is 2.18. The van der Waals surface area contributed by atoms with E-state index in [4.69, 9.17) is 4.74 Å². The number of guanidine groups is 1. The maximum Gasteiger partial charge on any atom is 0.191 e. The van der Waals surface area contributed by atoms with Crippen molar-refractivity contribution in [3.63, 3.8) is 0 Å². The Labute approximate surface area is 160 Å². The Kier molecular flexibility index (Phi) is 7.91. The molecule has 0 atom stereocenters. The molecule has 2 rings (SSSR count). The summed E-state index contributed by atoms with van der Waals surface area (Å²) in [4.78, 5) is 9.33. The highest BCUT2D eigenvalue weighted by atomic mass is 32.1. The van der Waals surface area contributed by atoms with Crippen molar-refractivity contribution in [3.8, 4) is 5.75 Å². The van der Waals surface area contributed by atoms with Gasteiger partial charge in [-0.25, -0.2) is 9.98 Å². The normalized spacial score (nSPS) is 11.9. The standard InChI is InChI=1S/C20H30N4OS/c1-6-21-20(23-12-19-24-18(13-26-19)14(2)3)22-11-16-8-7-9-17(10-16)25-15(4)5/h7-10,13-15H,6,11-12H2,1-5H3,(H2,21,22,23). The molecule has 0 unspecified atom stereocenters. The zero-order chi connectivity index (χ0) is 18.9. The molecule has 0 amide bonds. The molecule has 0 bridgehead atoms. The van der Waals surface area contributed by atoms with Crippen LogP contribution in [-0.4, -0.2) is 23.6 Å². The number of ether oxygens (including phenoxy) is 1. The van der Waals surface area contributed by atoms with Gasteiger partial charge in [0.25, 0.3) is 0 Å². The van der Waals surface area contributed by atoms with Crippen molar-refractivity contribution < 1.29 is 4.74 Å². The van der Waals surface area contributed by atoms with Gasteiger partial charge in [-0.3, -0.25) is 0 Å². The number of nitrogens with zero attached hydrogens (tertiary/aromatic N) is 2. The SMILES string of the molecule is CCNC(=NCc1cccc(OC(C)C)c1)NCc1nc(C(C)C)cs1. The summed E-state index contributed by atoms with van der Waals surface area (Å²) in [6, 6.07) is 8.09. The average molecular weight is 375 g/mol. The van der Waals surface area contributed by atoms with Crippen LogP contribution < -0.4 is 15.4 Å². The van der Waals surface area contributed by atoms with Crippen LogP contribution in [0.25, 0.3) is 0 Å². The topological polar surface area (TPSA) is 58.5 Å². The zero-order valence-corrected chi connectivity index (χ0v) is 17.2. The number of benzene rings is 1. The van der Waals surface area contributed by atoms with E-state index in [9.17, 15) is 0 Å². The summed E-state index contributed by atoms with van der Waals surface area (Å²) < 4.78 is 5.75. The summed E-state index contributed by atoms with van der Waals surface area (Å²) in [5.74, 6) is 2.14. The van der Waals surface area contributed by atoms with Crippen molar-refractivity contribution in [2.75, 3.05) is 6.54 Å². The summed E-state index contributed by atoms with van der Waals surface area (Å²) >= 11 is 1.69. The van der Waals surface area contributed by atoms with E-state index >= 15 is 0 Å². The molecule has 0 radical (unpaired) electrons. The van der Waals surface area contributed by atoms with Crippen LogP contribution in [0, 0.1) is 0 Å². The first-order valence-corrected chi connectivity index (χ1v) is 10.1. The fraction of sp³-hybridized carbons (Fsp3) is 0.500. The highest BCUT2D eigenvalue weighted by Gasteiger charge is 2.06. The lowest BCUT2D eigenvalue weighted by Gasteiger charge is -2.12. The van der Waals surface area contributed by atoms with Crippen LogP contribution in [0.1, 0.15) is 56.8 Å². The second kappa shape index (κ2) is 10.2. The van der Waals surface area contributed by atoms with Crippen LogP contribution >= 0.6 is 11.3 Å². The van der Waals surface area contributed by atoms with E-state index in [0.717, 1.165) is 34.5 Å². The molecule has 0 aliphatic heterocycles. The van der Waals surface area contributed by atoms with E-state index in [2.05, 4.69) is 52.8 Å². The summed E-state index contributed by atoms with van der Waals surface area (Å²) in [6.45, 7) is 12.5. The number of nitrogens with one attached hydrogen (secondary N) is 2. The van der Waals surface area contributed by atoms with Gasteiger partial charge in [0.2, 0.25) is 0 Å². The molecule has 0 aliphatic rings. The lowest BCUT2D eigenvalue weighted by molar-refractivity contribution is 0.242. The first kappa shape index (κ1) is 20.2. The Bertz CT molecular complexity index is 709. The van der Waals surface area contributed by atoms with E-state index in [1.807, 2.05) is 32.0 Å². The molecular weight excluding hydrogens is 344 g/mol. The number of hydrogen-bond acceptors (Lipinski definition) is 4. The molecular formula is C20H30N4OS. The van der Waals surface area contributed by atoms with Gasteiger partial charge in [-0.2, -0.15) is 0 Å². The fourth-order valence-corrected chi connectivity index (χ4v) is 3.23. The summed E-state index contributed by atoms with van der Waals surface area (Å²) in [5, 5.41) is 9.85. The van der Waals surface area contributed by atoms with Gasteiger partial charge in [0.05, 0.1) is 24.9 Å². The van der Waals surface area contributed by atoms with Gasteiger partial charge in [0.1, 0.15) is 10.8 Å². The maximum atomic E-state index is 5.75. The molecule has 6 heteroatoms. The number of aliphatic imine (C=N–C) groups is 1. The molecule has 5 nitrogen and oxygen atoms in total. The first-order chi connectivity index (χ1) is 12.5. The summed E-state index contributed by atoms with van der Waals surface area (Å²) in [5.41, 5.74) is 2.27. The second-order valence-electron chi connectivity index (χ2n) is 6.68. The van der Waals surface area contributed by atoms with Gasteiger partial charge in [0.15, 0.2) is 5.96 Å². The minimum Gasteiger partial charge on any atom is -0.491 e. The van der Waals surface area contributed by atoms with Gasteiger partial charge in [0, 0.05) is 11.9 Å². The molecule has 0 aliphatic carbocycles. The van der Waals surface area contributed by atoms with E-state index in [1.165, 1.54) is 0 Å². The van der Waals surface area contributed by atoms with Crippen molar-refractivity contribution in [1.29, 1.82) is 0 Å². The maximum absolute atomic E-state index is 5.75. The second-order valence-corrected chi connectivity index (χ2v) is 7.63. The minimum absolute atomic E-state index is 0.168. The molecule has 2 N–H and O–H groups in total. The monoisotopic (exact) mass is 374 g/mol. The van der Waals surface area contributed by atoms with Gasteiger partial charge in [-0.1, -0.05) is 26.0 Å². The largest absolute Gasteiger partial charge is 0.491 e. The molecule has 0 spiro atoms. The first-order valence-electron chi connectivity index (χ1n) is 9.20. The number of aromatic nitrogens is 1. The number of thiazole rings is 1. The molecule has 1 aromatic carbocycles. The van der Waals surface area contributed by atoms with Crippen LogP contribution in [0.4, 0.5) is 0 Å². The Morgan fingerprint density at radius 2 is 2.04 bits per heavy atom. The molecule has 1 heterocycles.